The number of amides is 1. The van der Waals surface area contributed by atoms with Crippen molar-refractivity contribution in [3.8, 4) is 11.4 Å². The van der Waals surface area contributed by atoms with Gasteiger partial charge in [0.2, 0.25) is 0 Å². The van der Waals surface area contributed by atoms with Crippen LogP contribution < -0.4 is 10.9 Å². The maximum Gasteiger partial charge on any atom is 0.273 e. The molecule has 0 spiro atoms. The van der Waals surface area contributed by atoms with Gasteiger partial charge in [-0.15, -0.1) is 0 Å². The molecule has 7 heteroatoms. The summed E-state index contributed by atoms with van der Waals surface area (Å²) in [6.07, 6.45) is 2.36. The van der Waals surface area contributed by atoms with Gasteiger partial charge in [-0.1, -0.05) is 37.3 Å². The number of pyridine rings is 2. The molecule has 0 radical (unpaired) electrons. The largest absolute Gasteiger partial charge is 0.506 e. The van der Waals surface area contributed by atoms with Gasteiger partial charge < -0.3 is 10.4 Å². The van der Waals surface area contributed by atoms with Gasteiger partial charge in [-0.3, -0.25) is 14.2 Å². The molecule has 1 amide bonds. The average Bonchev–Trinajstić information content (AvgIpc) is 2.78. The van der Waals surface area contributed by atoms with Gasteiger partial charge in [0.1, 0.15) is 17.1 Å². The van der Waals surface area contributed by atoms with E-state index in [1.165, 1.54) is 36.0 Å². The van der Waals surface area contributed by atoms with Gasteiger partial charge in [0.15, 0.2) is 5.65 Å². The van der Waals surface area contributed by atoms with Crippen LogP contribution in [0.5, 0.6) is 5.75 Å². The molecule has 0 saturated heterocycles. The molecule has 4 rings (SSSR count). The summed E-state index contributed by atoms with van der Waals surface area (Å²) in [6, 6.07) is 16.3. The Bertz CT molecular complexity index is 1330. The van der Waals surface area contributed by atoms with Crippen LogP contribution in [0.3, 0.4) is 0 Å². The van der Waals surface area contributed by atoms with Gasteiger partial charge >= 0.3 is 0 Å². The van der Waals surface area contributed by atoms with Crippen molar-refractivity contribution in [2.45, 2.75) is 19.9 Å². The van der Waals surface area contributed by atoms with Crippen LogP contribution >= 0.6 is 0 Å². The van der Waals surface area contributed by atoms with E-state index in [-0.39, 0.29) is 23.3 Å². The average molecular weight is 417 g/mol. The molecule has 0 atom stereocenters. The Hall–Kier alpha value is -4.00. The Morgan fingerprint density at radius 2 is 1.84 bits per heavy atom. The van der Waals surface area contributed by atoms with Gasteiger partial charge in [-0.2, -0.15) is 0 Å². The second-order valence-electron chi connectivity index (χ2n) is 7.07. The molecule has 0 unspecified atom stereocenters. The highest BCUT2D eigenvalue weighted by Crippen LogP contribution is 2.27. The smallest absolute Gasteiger partial charge is 0.273 e. The lowest BCUT2D eigenvalue weighted by Gasteiger charge is -2.14. The van der Waals surface area contributed by atoms with Crippen molar-refractivity contribution in [2.24, 2.45) is 0 Å². The summed E-state index contributed by atoms with van der Waals surface area (Å²) in [5.41, 5.74) is 1.16. The van der Waals surface area contributed by atoms with E-state index >= 15 is 0 Å². The Kier molecular flexibility index (Phi) is 5.49. The molecule has 2 heterocycles. The molecule has 0 bridgehead atoms. The fourth-order valence-electron chi connectivity index (χ4n) is 3.43. The zero-order valence-corrected chi connectivity index (χ0v) is 16.8. The molecule has 0 fully saturated rings. The summed E-state index contributed by atoms with van der Waals surface area (Å²) in [5, 5.41) is 13.6. The summed E-state index contributed by atoms with van der Waals surface area (Å²) in [4.78, 5) is 30.3. The van der Waals surface area contributed by atoms with Gasteiger partial charge in [0.25, 0.3) is 11.5 Å². The molecule has 0 aliphatic heterocycles. The minimum atomic E-state index is -0.784. The highest BCUT2D eigenvalue weighted by molar-refractivity contribution is 6.02. The predicted molar refractivity (Wildman–Crippen MR) is 116 cm³/mol. The predicted octanol–water partition coefficient (Wildman–Crippen LogP) is 3.72. The SMILES string of the molecule is CCc1ccc(CNC(=O)c2c(O)c3cccnc3n(-c3cccc(F)c3)c2=O)cc1. The monoisotopic (exact) mass is 417 g/mol. The Morgan fingerprint density at radius 3 is 2.55 bits per heavy atom. The molecule has 4 aromatic rings. The molecule has 2 aromatic heterocycles. The third-order valence-electron chi connectivity index (χ3n) is 5.09. The zero-order chi connectivity index (χ0) is 22.0. The van der Waals surface area contributed by atoms with Crippen LogP contribution in [0, 0.1) is 5.82 Å². The molecule has 0 aliphatic rings. The van der Waals surface area contributed by atoms with Crippen LogP contribution in [0.15, 0.2) is 71.7 Å². The van der Waals surface area contributed by atoms with E-state index < -0.39 is 28.6 Å². The minimum absolute atomic E-state index is 0.127. The molecule has 0 saturated carbocycles. The number of aryl methyl sites for hydroxylation is 1. The third kappa shape index (κ3) is 3.90. The lowest BCUT2D eigenvalue weighted by atomic mass is 10.1. The van der Waals surface area contributed by atoms with Crippen LogP contribution in [0.25, 0.3) is 16.7 Å². The van der Waals surface area contributed by atoms with Crippen molar-refractivity contribution in [3.05, 3.63) is 99.7 Å². The van der Waals surface area contributed by atoms with E-state index in [0.29, 0.717) is 0 Å². The second-order valence-corrected chi connectivity index (χ2v) is 7.07. The standard InChI is InChI=1S/C24H20FN3O3/c1-2-15-8-10-16(11-9-15)14-27-23(30)20-21(29)19-7-4-12-26-22(19)28(24(20)31)18-6-3-5-17(25)13-18/h3-13,29H,2,14H2,1H3,(H,27,30). The van der Waals surface area contributed by atoms with Crippen molar-refractivity contribution in [1.82, 2.24) is 14.9 Å². The summed E-state index contributed by atoms with van der Waals surface area (Å²) in [5.74, 6) is -1.72. The second kappa shape index (κ2) is 8.39. The number of nitrogens with one attached hydrogen (secondary N) is 1. The van der Waals surface area contributed by atoms with Gasteiger partial charge in [-0.05, 0) is 47.9 Å². The number of carbonyl (C=O) groups excluding carboxylic acids is 1. The normalized spacial score (nSPS) is 10.9. The van der Waals surface area contributed by atoms with Crippen molar-refractivity contribution < 1.29 is 14.3 Å². The van der Waals surface area contributed by atoms with Crippen LogP contribution in [0.1, 0.15) is 28.4 Å². The van der Waals surface area contributed by atoms with E-state index in [4.69, 9.17) is 0 Å². The maximum absolute atomic E-state index is 13.8. The van der Waals surface area contributed by atoms with Crippen molar-refractivity contribution in [2.75, 3.05) is 0 Å². The first-order valence-electron chi connectivity index (χ1n) is 9.84. The first-order valence-corrected chi connectivity index (χ1v) is 9.84. The molecule has 2 N–H and O–H groups in total. The van der Waals surface area contributed by atoms with Crippen LogP contribution in [0.2, 0.25) is 0 Å². The topological polar surface area (TPSA) is 84.2 Å². The van der Waals surface area contributed by atoms with Crippen molar-refractivity contribution in [3.63, 3.8) is 0 Å². The minimum Gasteiger partial charge on any atom is -0.506 e. The number of hydrogen-bond acceptors (Lipinski definition) is 4. The van der Waals surface area contributed by atoms with Gasteiger partial charge in [0.05, 0.1) is 11.1 Å². The lowest BCUT2D eigenvalue weighted by molar-refractivity contribution is 0.0946. The summed E-state index contributed by atoms with van der Waals surface area (Å²) in [6.45, 7) is 2.24. The van der Waals surface area contributed by atoms with Crippen LogP contribution in [0.4, 0.5) is 4.39 Å². The van der Waals surface area contributed by atoms with Gasteiger partial charge in [-0.25, -0.2) is 9.37 Å². The van der Waals surface area contributed by atoms with E-state index in [1.807, 2.05) is 24.3 Å². The summed E-state index contributed by atoms with van der Waals surface area (Å²) >= 11 is 0. The summed E-state index contributed by atoms with van der Waals surface area (Å²) in [7, 11) is 0. The zero-order valence-electron chi connectivity index (χ0n) is 16.8. The Balaban J connectivity index is 1.78. The number of hydrogen-bond donors (Lipinski definition) is 2. The number of carbonyl (C=O) groups is 1. The first-order chi connectivity index (χ1) is 15.0. The molecule has 6 nitrogen and oxygen atoms in total. The van der Waals surface area contributed by atoms with E-state index in [2.05, 4.69) is 17.2 Å². The molecule has 2 aromatic carbocycles. The summed E-state index contributed by atoms with van der Waals surface area (Å²) < 4.78 is 14.9. The van der Waals surface area contributed by atoms with Crippen LogP contribution in [-0.4, -0.2) is 20.6 Å². The van der Waals surface area contributed by atoms with Crippen LogP contribution in [-0.2, 0) is 13.0 Å². The number of benzene rings is 2. The van der Waals surface area contributed by atoms with Crippen molar-refractivity contribution in [1.29, 1.82) is 0 Å². The molecule has 156 valence electrons. The molecule has 0 aliphatic carbocycles. The fraction of sp³-hybridized carbons (Fsp3) is 0.125. The number of aromatic nitrogens is 2. The molecule has 31 heavy (non-hydrogen) atoms. The molecular weight excluding hydrogens is 397 g/mol. The maximum atomic E-state index is 13.8. The quantitative estimate of drug-likeness (QED) is 0.518. The highest BCUT2D eigenvalue weighted by Gasteiger charge is 2.23. The molecular formula is C24H20FN3O3. The van der Waals surface area contributed by atoms with Gasteiger partial charge in [0, 0.05) is 12.7 Å². The van der Waals surface area contributed by atoms with E-state index in [1.54, 1.807) is 12.1 Å². The van der Waals surface area contributed by atoms with E-state index in [9.17, 15) is 19.1 Å². The number of rotatable bonds is 5. The highest BCUT2D eigenvalue weighted by atomic mass is 19.1. The third-order valence-corrected chi connectivity index (χ3v) is 5.09. The fourth-order valence-corrected chi connectivity index (χ4v) is 3.43. The number of nitrogens with zero attached hydrogens (tertiary/aromatic N) is 2. The number of halogens is 1. The lowest BCUT2D eigenvalue weighted by Crippen LogP contribution is -2.33. The van der Waals surface area contributed by atoms with Crippen molar-refractivity contribution >= 4 is 16.9 Å². The first kappa shape index (κ1) is 20.3. The Morgan fingerprint density at radius 1 is 1.10 bits per heavy atom. The van der Waals surface area contributed by atoms with E-state index in [0.717, 1.165) is 16.6 Å². The Labute approximate surface area is 177 Å². The number of fused-ring (bicyclic) bond motifs is 1. The number of aromatic hydroxyl groups is 1.